The monoisotopic (exact) mass is 201 g/mol. The zero-order chi connectivity index (χ0) is 10.7. The number of ether oxygens (including phenoxy) is 1. The van der Waals surface area contributed by atoms with Gasteiger partial charge in [-0.25, -0.2) is 10.3 Å². The maximum Gasteiger partial charge on any atom is 0.196 e. The Morgan fingerprint density at radius 1 is 1.57 bits per heavy atom. The number of aromatic hydroxyl groups is 1. The van der Waals surface area contributed by atoms with Crippen LogP contribution in [0.3, 0.4) is 0 Å². The van der Waals surface area contributed by atoms with Gasteiger partial charge in [-0.1, -0.05) is 0 Å². The molecule has 0 fully saturated rings. The number of hydrogen-bond donors (Lipinski definition) is 2. The number of phenolic OH excluding ortho intramolecular Hbond substituents is 1. The van der Waals surface area contributed by atoms with Crippen molar-refractivity contribution in [1.29, 1.82) is 0 Å². The van der Waals surface area contributed by atoms with Crippen LogP contribution in [0.1, 0.15) is 11.1 Å². The van der Waals surface area contributed by atoms with E-state index in [9.17, 15) is 9.50 Å². The SMILES string of the molecule is COc1c(F)cc(CON)c(C)c1O. The summed E-state index contributed by atoms with van der Waals surface area (Å²) in [6, 6.07) is 1.22. The van der Waals surface area contributed by atoms with E-state index >= 15 is 0 Å². The quantitative estimate of drug-likeness (QED) is 0.722. The van der Waals surface area contributed by atoms with Crippen LogP contribution in [0.4, 0.5) is 4.39 Å². The molecule has 1 rings (SSSR count). The summed E-state index contributed by atoms with van der Waals surface area (Å²) in [6.45, 7) is 1.67. The van der Waals surface area contributed by atoms with Gasteiger partial charge in [0.1, 0.15) is 0 Å². The number of hydrogen-bond acceptors (Lipinski definition) is 4. The van der Waals surface area contributed by atoms with Crippen LogP contribution in [0, 0.1) is 12.7 Å². The molecule has 0 amide bonds. The van der Waals surface area contributed by atoms with Crippen LogP contribution in [0.5, 0.6) is 11.5 Å². The largest absolute Gasteiger partial charge is 0.504 e. The predicted octanol–water partition coefficient (Wildman–Crippen LogP) is 1.24. The molecular weight excluding hydrogens is 189 g/mol. The van der Waals surface area contributed by atoms with Crippen LogP contribution in [0.25, 0.3) is 0 Å². The summed E-state index contributed by atoms with van der Waals surface area (Å²) < 4.78 is 17.9. The molecule has 0 bridgehead atoms. The third kappa shape index (κ3) is 1.78. The molecule has 1 aromatic rings. The highest BCUT2D eigenvalue weighted by Gasteiger charge is 2.15. The van der Waals surface area contributed by atoms with E-state index in [2.05, 4.69) is 4.84 Å². The van der Waals surface area contributed by atoms with Gasteiger partial charge < -0.3 is 9.84 Å². The molecule has 0 saturated carbocycles. The highest BCUT2D eigenvalue weighted by molar-refractivity contribution is 5.49. The van der Waals surface area contributed by atoms with Crippen LogP contribution in [0.15, 0.2) is 6.07 Å². The van der Waals surface area contributed by atoms with Crippen LogP contribution in [0.2, 0.25) is 0 Å². The molecule has 5 heteroatoms. The maximum absolute atomic E-state index is 13.2. The summed E-state index contributed by atoms with van der Waals surface area (Å²) in [7, 11) is 1.29. The Kier molecular flexibility index (Phi) is 3.27. The van der Waals surface area contributed by atoms with Crippen LogP contribution < -0.4 is 10.6 Å². The molecule has 0 radical (unpaired) electrons. The highest BCUT2D eigenvalue weighted by atomic mass is 19.1. The number of halogens is 1. The predicted molar refractivity (Wildman–Crippen MR) is 48.3 cm³/mol. The third-order valence-corrected chi connectivity index (χ3v) is 2.01. The molecular formula is C9H12FNO3. The zero-order valence-electron chi connectivity index (χ0n) is 8.00. The minimum absolute atomic E-state index is 0.0420. The van der Waals surface area contributed by atoms with E-state index in [1.54, 1.807) is 6.92 Å². The fourth-order valence-corrected chi connectivity index (χ4v) is 1.20. The van der Waals surface area contributed by atoms with Gasteiger partial charge in [-0.15, -0.1) is 0 Å². The number of phenols is 1. The molecule has 4 nitrogen and oxygen atoms in total. The van der Waals surface area contributed by atoms with Gasteiger partial charge in [0.05, 0.1) is 13.7 Å². The summed E-state index contributed by atoms with van der Waals surface area (Å²) in [5, 5.41) is 9.52. The van der Waals surface area contributed by atoms with Crippen molar-refractivity contribution in [3.63, 3.8) is 0 Å². The van der Waals surface area contributed by atoms with Gasteiger partial charge in [-0.3, -0.25) is 4.84 Å². The first-order valence-electron chi connectivity index (χ1n) is 3.98. The first-order valence-corrected chi connectivity index (χ1v) is 3.98. The molecule has 0 aliphatic carbocycles. The average Bonchev–Trinajstić information content (AvgIpc) is 2.15. The Morgan fingerprint density at radius 3 is 2.71 bits per heavy atom. The van der Waals surface area contributed by atoms with Gasteiger partial charge in [-0.05, 0) is 18.6 Å². The molecule has 0 heterocycles. The van der Waals surface area contributed by atoms with Crippen LogP contribution >= 0.6 is 0 Å². The van der Waals surface area contributed by atoms with Gasteiger partial charge in [0.15, 0.2) is 17.3 Å². The summed E-state index contributed by atoms with van der Waals surface area (Å²) in [4.78, 5) is 4.37. The minimum Gasteiger partial charge on any atom is -0.504 e. The first-order chi connectivity index (χ1) is 6.61. The molecule has 0 unspecified atom stereocenters. The molecule has 3 N–H and O–H groups in total. The molecule has 0 spiro atoms. The van der Waals surface area contributed by atoms with Crippen molar-refractivity contribution in [3.8, 4) is 11.5 Å². The lowest BCUT2D eigenvalue weighted by atomic mass is 10.1. The molecule has 0 atom stereocenters. The van der Waals surface area contributed by atoms with Crippen molar-refractivity contribution < 1.29 is 19.1 Å². The second-order valence-electron chi connectivity index (χ2n) is 2.84. The van der Waals surface area contributed by atoms with E-state index in [0.29, 0.717) is 11.1 Å². The third-order valence-electron chi connectivity index (χ3n) is 2.01. The first kappa shape index (κ1) is 10.7. The molecule has 14 heavy (non-hydrogen) atoms. The highest BCUT2D eigenvalue weighted by Crippen LogP contribution is 2.34. The lowest BCUT2D eigenvalue weighted by Gasteiger charge is -2.11. The lowest BCUT2D eigenvalue weighted by molar-refractivity contribution is 0.123. The van der Waals surface area contributed by atoms with E-state index in [1.807, 2.05) is 0 Å². The standard InChI is InChI=1S/C9H12FNO3/c1-5-6(4-14-11)3-7(10)9(13-2)8(5)12/h3,12H,4,11H2,1-2H3. The van der Waals surface area contributed by atoms with Crippen molar-refractivity contribution in [2.45, 2.75) is 13.5 Å². The Morgan fingerprint density at radius 2 is 2.21 bits per heavy atom. The van der Waals surface area contributed by atoms with E-state index in [0.717, 1.165) is 0 Å². The van der Waals surface area contributed by atoms with Crippen molar-refractivity contribution in [2.24, 2.45) is 5.90 Å². The summed E-state index contributed by atoms with van der Waals surface area (Å²) in [5.74, 6) is 3.84. The molecule has 0 saturated heterocycles. The average molecular weight is 201 g/mol. The van der Waals surface area contributed by atoms with Gasteiger partial charge in [-0.2, -0.15) is 0 Å². The topological polar surface area (TPSA) is 64.7 Å². The molecule has 0 aliphatic heterocycles. The Balaban J connectivity index is 3.25. The van der Waals surface area contributed by atoms with Crippen molar-refractivity contribution in [2.75, 3.05) is 7.11 Å². The number of rotatable bonds is 3. The fourth-order valence-electron chi connectivity index (χ4n) is 1.20. The van der Waals surface area contributed by atoms with Crippen LogP contribution in [-0.4, -0.2) is 12.2 Å². The van der Waals surface area contributed by atoms with Crippen molar-refractivity contribution in [1.82, 2.24) is 0 Å². The molecule has 0 aliphatic rings. The second-order valence-corrected chi connectivity index (χ2v) is 2.84. The number of methoxy groups -OCH3 is 1. The van der Waals surface area contributed by atoms with E-state index < -0.39 is 5.82 Å². The zero-order valence-corrected chi connectivity index (χ0v) is 8.00. The van der Waals surface area contributed by atoms with Gasteiger partial charge >= 0.3 is 0 Å². The van der Waals surface area contributed by atoms with Crippen molar-refractivity contribution in [3.05, 3.63) is 23.0 Å². The smallest absolute Gasteiger partial charge is 0.196 e. The normalized spacial score (nSPS) is 10.3. The summed E-state index contributed by atoms with van der Waals surface area (Å²) in [5.41, 5.74) is 0.983. The van der Waals surface area contributed by atoms with E-state index in [4.69, 9.17) is 10.6 Å². The molecule has 1 aromatic carbocycles. The second kappa shape index (κ2) is 4.26. The van der Waals surface area contributed by atoms with Crippen molar-refractivity contribution >= 4 is 0 Å². The minimum atomic E-state index is -0.636. The Bertz CT molecular complexity index is 341. The van der Waals surface area contributed by atoms with Gasteiger partial charge in [0.25, 0.3) is 0 Å². The molecule has 78 valence electrons. The van der Waals surface area contributed by atoms with Gasteiger partial charge in [0, 0.05) is 5.56 Å². The molecule has 0 aromatic heterocycles. The summed E-state index contributed by atoms with van der Waals surface area (Å²) in [6.07, 6.45) is 0. The van der Waals surface area contributed by atoms with E-state index in [1.165, 1.54) is 13.2 Å². The maximum atomic E-state index is 13.2. The lowest BCUT2D eigenvalue weighted by Crippen LogP contribution is -2.02. The number of nitrogens with two attached hydrogens (primary N) is 1. The van der Waals surface area contributed by atoms with E-state index in [-0.39, 0.29) is 18.1 Å². The van der Waals surface area contributed by atoms with Gasteiger partial charge in [0.2, 0.25) is 0 Å². The summed E-state index contributed by atoms with van der Waals surface area (Å²) >= 11 is 0. The Labute approximate surface area is 81.0 Å². The number of benzene rings is 1. The fraction of sp³-hybridized carbons (Fsp3) is 0.333. The Hall–Kier alpha value is -1.33. The van der Waals surface area contributed by atoms with Crippen LogP contribution in [-0.2, 0) is 11.4 Å².